The molecular weight excluding hydrogens is 362 g/mol. The number of nitrogens with zero attached hydrogens (tertiary/aromatic N) is 1. The zero-order valence-electron chi connectivity index (χ0n) is 16.0. The Morgan fingerprint density at radius 1 is 1.11 bits per heavy atom. The van der Waals surface area contributed by atoms with E-state index in [4.69, 9.17) is 21.1 Å². The van der Waals surface area contributed by atoms with Gasteiger partial charge in [0.1, 0.15) is 5.75 Å². The molecule has 5 heteroatoms. The van der Waals surface area contributed by atoms with Crippen LogP contribution in [-0.2, 0) is 10.3 Å². The number of rotatable bonds is 7. The second kappa shape index (κ2) is 9.07. The van der Waals surface area contributed by atoms with Crippen LogP contribution in [-0.4, -0.2) is 49.5 Å². The molecule has 1 heterocycles. The minimum absolute atomic E-state index is 0.0918. The van der Waals surface area contributed by atoms with Crippen LogP contribution in [0.5, 0.6) is 5.75 Å². The van der Waals surface area contributed by atoms with Gasteiger partial charge in [0.05, 0.1) is 25.4 Å². The summed E-state index contributed by atoms with van der Waals surface area (Å²) in [6.45, 7) is 8.46. The lowest BCUT2D eigenvalue weighted by molar-refractivity contribution is -0.0107. The topological polar surface area (TPSA) is 41.9 Å². The predicted octanol–water partition coefficient (Wildman–Crippen LogP) is 4.06. The van der Waals surface area contributed by atoms with E-state index in [1.54, 1.807) is 0 Å². The van der Waals surface area contributed by atoms with E-state index in [0.29, 0.717) is 11.6 Å². The average molecular weight is 390 g/mol. The molecule has 1 fully saturated rings. The summed E-state index contributed by atoms with van der Waals surface area (Å²) in [6, 6.07) is 15.5. The highest BCUT2D eigenvalue weighted by atomic mass is 35.5. The van der Waals surface area contributed by atoms with Crippen LogP contribution in [0.25, 0.3) is 0 Å². The van der Waals surface area contributed by atoms with Crippen LogP contribution in [0.15, 0.2) is 48.5 Å². The van der Waals surface area contributed by atoms with Crippen LogP contribution in [0.3, 0.4) is 0 Å². The van der Waals surface area contributed by atoms with Gasteiger partial charge in [-0.2, -0.15) is 0 Å². The van der Waals surface area contributed by atoms with E-state index in [1.165, 1.54) is 0 Å². The molecule has 0 bridgehead atoms. The maximum absolute atomic E-state index is 11.6. The van der Waals surface area contributed by atoms with Crippen molar-refractivity contribution in [2.24, 2.45) is 0 Å². The second-order valence-electron chi connectivity index (χ2n) is 7.12. The van der Waals surface area contributed by atoms with Gasteiger partial charge in [-0.3, -0.25) is 4.90 Å². The van der Waals surface area contributed by atoms with E-state index in [1.807, 2.05) is 62.4 Å². The Morgan fingerprint density at radius 3 is 2.33 bits per heavy atom. The third kappa shape index (κ3) is 5.02. The third-order valence-corrected chi connectivity index (χ3v) is 5.50. The minimum atomic E-state index is -1.03. The lowest BCUT2D eigenvalue weighted by atomic mass is 9.78. The van der Waals surface area contributed by atoms with Crippen LogP contribution in [0.2, 0.25) is 5.02 Å². The maximum atomic E-state index is 11.6. The van der Waals surface area contributed by atoms with Crippen LogP contribution in [0, 0.1) is 0 Å². The third-order valence-electron chi connectivity index (χ3n) is 5.25. The zero-order chi connectivity index (χ0) is 19.3. The summed E-state index contributed by atoms with van der Waals surface area (Å²) in [5, 5.41) is 12.3. The normalized spacial score (nSPS) is 18.7. The lowest BCUT2D eigenvalue weighted by Crippen LogP contribution is -2.43. The number of benzene rings is 2. The van der Waals surface area contributed by atoms with Crippen LogP contribution < -0.4 is 4.74 Å². The van der Waals surface area contributed by atoms with Crippen molar-refractivity contribution < 1.29 is 14.6 Å². The van der Waals surface area contributed by atoms with E-state index < -0.39 is 5.60 Å². The van der Waals surface area contributed by atoms with E-state index >= 15 is 0 Å². The van der Waals surface area contributed by atoms with Crippen molar-refractivity contribution in [1.29, 1.82) is 0 Å². The highest BCUT2D eigenvalue weighted by Gasteiger charge is 2.36. The summed E-state index contributed by atoms with van der Waals surface area (Å²) in [5.41, 5.74) is 0.917. The number of halogens is 1. The lowest BCUT2D eigenvalue weighted by Gasteiger charge is -2.38. The van der Waals surface area contributed by atoms with Gasteiger partial charge in [0.15, 0.2) is 0 Å². The first-order valence-electron chi connectivity index (χ1n) is 9.52. The molecule has 1 saturated heterocycles. The molecule has 27 heavy (non-hydrogen) atoms. The molecule has 0 radical (unpaired) electrons. The summed E-state index contributed by atoms with van der Waals surface area (Å²) in [6.07, 6.45) is 0. The molecule has 2 atom stereocenters. The molecule has 0 aliphatic carbocycles. The summed E-state index contributed by atoms with van der Waals surface area (Å²) < 4.78 is 11.0. The SMILES string of the molecule is CCOc1ccc([C@@](C)(O)[C@H](CN2CCOCC2)c2ccc(Cl)cc2)cc1. The van der Waals surface area contributed by atoms with Crippen LogP contribution >= 0.6 is 11.6 Å². The predicted molar refractivity (Wildman–Crippen MR) is 109 cm³/mol. The molecule has 1 aliphatic heterocycles. The van der Waals surface area contributed by atoms with E-state index in [0.717, 1.165) is 49.7 Å². The van der Waals surface area contributed by atoms with E-state index in [9.17, 15) is 5.11 Å². The van der Waals surface area contributed by atoms with Gasteiger partial charge in [-0.05, 0) is 49.2 Å². The number of ether oxygens (including phenoxy) is 2. The molecule has 2 aromatic carbocycles. The fraction of sp³-hybridized carbons (Fsp3) is 0.455. The average Bonchev–Trinajstić information content (AvgIpc) is 2.68. The van der Waals surface area contributed by atoms with Gasteiger partial charge in [-0.25, -0.2) is 0 Å². The number of aliphatic hydroxyl groups is 1. The molecule has 146 valence electrons. The first-order chi connectivity index (χ1) is 13.0. The van der Waals surface area contributed by atoms with Gasteiger partial charge in [0.25, 0.3) is 0 Å². The van der Waals surface area contributed by atoms with Crippen LogP contribution in [0.4, 0.5) is 0 Å². The molecular formula is C22H28ClNO3. The second-order valence-corrected chi connectivity index (χ2v) is 7.56. The zero-order valence-corrected chi connectivity index (χ0v) is 16.8. The monoisotopic (exact) mass is 389 g/mol. The van der Waals surface area contributed by atoms with E-state index in [-0.39, 0.29) is 5.92 Å². The van der Waals surface area contributed by atoms with Crippen molar-refractivity contribution in [3.63, 3.8) is 0 Å². The summed E-state index contributed by atoms with van der Waals surface area (Å²) in [4.78, 5) is 2.35. The van der Waals surface area contributed by atoms with Crippen molar-refractivity contribution in [3.8, 4) is 5.75 Å². The van der Waals surface area contributed by atoms with Gasteiger partial charge in [-0.1, -0.05) is 35.9 Å². The molecule has 0 amide bonds. The smallest absolute Gasteiger partial charge is 0.119 e. The molecule has 0 unspecified atom stereocenters. The summed E-state index contributed by atoms with van der Waals surface area (Å²) in [5.74, 6) is 0.721. The molecule has 1 aliphatic rings. The van der Waals surface area contributed by atoms with Gasteiger partial charge < -0.3 is 14.6 Å². The molecule has 0 aromatic heterocycles. The Balaban J connectivity index is 1.90. The van der Waals surface area contributed by atoms with Crippen molar-refractivity contribution in [3.05, 3.63) is 64.7 Å². The summed E-state index contributed by atoms with van der Waals surface area (Å²) >= 11 is 6.08. The van der Waals surface area contributed by atoms with Crippen LogP contribution in [0.1, 0.15) is 30.9 Å². The molecule has 3 rings (SSSR count). The number of morpholine rings is 1. The Kier molecular flexibility index (Phi) is 6.77. The maximum Gasteiger partial charge on any atom is 0.119 e. The Morgan fingerprint density at radius 2 is 1.74 bits per heavy atom. The van der Waals surface area contributed by atoms with Gasteiger partial charge in [-0.15, -0.1) is 0 Å². The van der Waals surface area contributed by atoms with Crippen molar-refractivity contribution in [2.45, 2.75) is 25.4 Å². The fourth-order valence-corrected chi connectivity index (χ4v) is 3.73. The summed E-state index contributed by atoms with van der Waals surface area (Å²) in [7, 11) is 0. The van der Waals surface area contributed by atoms with Crippen molar-refractivity contribution in [1.82, 2.24) is 4.90 Å². The highest BCUT2D eigenvalue weighted by Crippen LogP contribution is 2.38. The molecule has 0 spiro atoms. The van der Waals surface area contributed by atoms with Gasteiger partial charge >= 0.3 is 0 Å². The molecule has 4 nitrogen and oxygen atoms in total. The van der Waals surface area contributed by atoms with Crippen molar-refractivity contribution in [2.75, 3.05) is 39.5 Å². The Bertz CT molecular complexity index is 709. The highest BCUT2D eigenvalue weighted by molar-refractivity contribution is 6.30. The first kappa shape index (κ1) is 20.2. The Hall–Kier alpha value is -1.59. The Labute approximate surface area is 166 Å². The number of hydrogen-bond donors (Lipinski definition) is 1. The standard InChI is InChI=1S/C22H28ClNO3/c1-3-27-20-10-6-18(7-11-20)22(2,25)21(16-24-12-14-26-15-13-24)17-4-8-19(23)9-5-17/h4-11,21,25H,3,12-16H2,1-2H3/t21-,22-/m1/s1. The largest absolute Gasteiger partial charge is 0.494 e. The van der Waals surface area contributed by atoms with Crippen molar-refractivity contribution >= 4 is 11.6 Å². The first-order valence-corrected chi connectivity index (χ1v) is 9.89. The van der Waals surface area contributed by atoms with Gasteiger partial charge in [0.2, 0.25) is 0 Å². The molecule has 0 saturated carbocycles. The van der Waals surface area contributed by atoms with E-state index in [2.05, 4.69) is 4.90 Å². The number of hydrogen-bond acceptors (Lipinski definition) is 4. The molecule has 1 N–H and O–H groups in total. The minimum Gasteiger partial charge on any atom is -0.494 e. The molecule has 2 aromatic rings. The fourth-order valence-electron chi connectivity index (χ4n) is 3.60. The van der Waals surface area contributed by atoms with Gasteiger partial charge in [0, 0.05) is 30.6 Å². The quantitative estimate of drug-likeness (QED) is 0.775.